The molecule has 8 nitrogen and oxygen atoms in total. The van der Waals surface area contributed by atoms with Crippen molar-refractivity contribution in [3.05, 3.63) is 46.6 Å². The third-order valence-electron chi connectivity index (χ3n) is 5.97. The SMILES string of the molecule is COc1ccc(-c2cc(C(=O)Nc3nc4c(s3)CCCC4)nn2[C@H]2CCS(=O)(=O)C2)cc1. The first kappa shape index (κ1) is 21.1. The molecular weight excluding hydrogens is 448 g/mol. The number of anilines is 1. The first-order valence-corrected chi connectivity index (χ1v) is 13.3. The van der Waals surface area contributed by atoms with Gasteiger partial charge in [0.05, 0.1) is 36.0 Å². The predicted molar refractivity (Wildman–Crippen MR) is 123 cm³/mol. The lowest BCUT2D eigenvalue weighted by Crippen LogP contribution is -2.16. The molecular formula is C22H24N4O4S2. The molecule has 2 aromatic heterocycles. The number of sulfone groups is 1. The highest BCUT2D eigenvalue weighted by molar-refractivity contribution is 7.91. The van der Waals surface area contributed by atoms with Crippen molar-refractivity contribution in [2.45, 2.75) is 38.1 Å². The number of aromatic nitrogens is 3. The molecule has 0 bridgehead atoms. The Morgan fingerprint density at radius 2 is 2.00 bits per heavy atom. The number of thiazole rings is 1. The summed E-state index contributed by atoms with van der Waals surface area (Å²) < 4.78 is 31.1. The van der Waals surface area contributed by atoms with Crippen molar-refractivity contribution in [3.63, 3.8) is 0 Å². The van der Waals surface area contributed by atoms with E-state index >= 15 is 0 Å². The summed E-state index contributed by atoms with van der Waals surface area (Å²) in [6, 6.07) is 8.84. The molecule has 1 aromatic carbocycles. The fourth-order valence-electron chi connectivity index (χ4n) is 4.30. The first-order valence-electron chi connectivity index (χ1n) is 10.7. The molecule has 0 radical (unpaired) electrons. The molecule has 1 atom stereocenters. The van der Waals surface area contributed by atoms with Gasteiger partial charge in [-0.1, -0.05) is 0 Å². The van der Waals surface area contributed by atoms with Crippen molar-refractivity contribution in [3.8, 4) is 17.0 Å². The van der Waals surface area contributed by atoms with E-state index < -0.39 is 9.84 Å². The lowest BCUT2D eigenvalue weighted by atomic mass is 10.0. The highest BCUT2D eigenvalue weighted by Crippen LogP contribution is 2.32. The van der Waals surface area contributed by atoms with Crippen LogP contribution in [0.5, 0.6) is 5.75 Å². The van der Waals surface area contributed by atoms with Gasteiger partial charge in [0.2, 0.25) is 0 Å². The van der Waals surface area contributed by atoms with Crippen LogP contribution in [0.15, 0.2) is 30.3 Å². The molecule has 2 aliphatic rings. The van der Waals surface area contributed by atoms with Gasteiger partial charge in [-0.2, -0.15) is 5.10 Å². The normalized spacial score (nSPS) is 19.5. The molecule has 3 heterocycles. The second kappa shape index (κ2) is 8.32. The molecule has 32 heavy (non-hydrogen) atoms. The number of aryl methyl sites for hydroxylation is 2. The van der Waals surface area contributed by atoms with Crippen molar-refractivity contribution in [1.82, 2.24) is 14.8 Å². The summed E-state index contributed by atoms with van der Waals surface area (Å²) >= 11 is 1.52. The largest absolute Gasteiger partial charge is 0.497 e. The van der Waals surface area contributed by atoms with E-state index in [2.05, 4.69) is 15.4 Å². The number of fused-ring (bicyclic) bond motifs is 1. The fourth-order valence-corrected chi connectivity index (χ4v) is 7.03. The molecule has 1 amide bonds. The predicted octanol–water partition coefficient (Wildman–Crippen LogP) is 3.51. The van der Waals surface area contributed by atoms with Gasteiger partial charge in [-0.3, -0.25) is 14.8 Å². The van der Waals surface area contributed by atoms with Gasteiger partial charge in [0.1, 0.15) is 5.75 Å². The first-order chi connectivity index (χ1) is 15.4. The molecule has 168 valence electrons. The molecule has 3 aromatic rings. The van der Waals surface area contributed by atoms with Crippen LogP contribution in [-0.4, -0.2) is 47.7 Å². The maximum atomic E-state index is 13.0. The third-order valence-corrected chi connectivity index (χ3v) is 8.80. The van der Waals surface area contributed by atoms with Gasteiger partial charge in [0.15, 0.2) is 20.7 Å². The van der Waals surface area contributed by atoms with Crippen molar-refractivity contribution < 1.29 is 17.9 Å². The number of carbonyl (C=O) groups is 1. The van der Waals surface area contributed by atoms with E-state index in [9.17, 15) is 13.2 Å². The second-order valence-electron chi connectivity index (χ2n) is 8.19. The van der Waals surface area contributed by atoms with Crippen LogP contribution in [0.2, 0.25) is 0 Å². The van der Waals surface area contributed by atoms with Crippen LogP contribution in [0.4, 0.5) is 5.13 Å². The van der Waals surface area contributed by atoms with Gasteiger partial charge in [-0.25, -0.2) is 13.4 Å². The topological polar surface area (TPSA) is 103 Å². The van der Waals surface area contributed by atoms with Crippen LogP contribution in [-0.2, 0) is 22.7 Å². The summed E-state index contributed by atoms with van der Waals surface area (Å²) in [6.45, 7) is 0. The molecule has 1 fully saturated rings. The molecule has 10 heteroatoms. The van der Waals surface area contributed by atoms with E-state index in [1.54, 1.807) is 17.9 Å². The highest BCUT2D eigenvalue weighted by atomic mass is 32.2. The van der Waals surface area contributed by atoms with Crippen LogP contribution >= 0.6 is 11.3 Å². The third kappa shape index (κ3) is 4.16. The van der Waals surface area contributed by atoms with E-state index in [-0.39, 0.29) is 29.1 Å². The summed E-state index contributed by atoms with van der Waals surface area (Å²) in [7, 11) is -1.51. The lowest BCUT2D eigenvalue weighted by Gasteiger charge is -2.13. The van der Waals surface area contributed by atoms with Gasteiger partial charge >= 0.3 is 0 Å². The second-order valence-corrected chi connectivity index (χ2v) is 11.5. The van der Waals surface area contributed by atoms with Crippen LogP contribution < -0.4 is 10.1 Å². The number of amides is 1. The smallest absolute Gasteiger partial charge is 0.277 e. The average Bonchev–Trinajstić information content (AvgIpc) is 3.49. The van der Waals surface area contributed by atoms with Crippen LogP contribution in [0, 0.1) is 0 Å². The van der Waals surface area contributed by atoms with Crippen LogP contribution in [0.1, 0.15) is 46.4 Å². The number of ether oxygens (including phenoxy) is 1. The zero-order valence-electron chi connectivity index (χ0n) is 17.7. The van der Waals surface area contributed by atoms with Gasteiger partial charge in [-0.15, -0.1) is 11.3 Å². The van der Waals surface area contributed by atoms with Crippen LogP contribution in [0.3, 0.4) is 0 Å². The zero-order valence-corrected chi connectivity index (χ0v) is 19.3. The number of hydrogen-bond acceptors (Lipinski definition) is 7. The van der Waals surface area contributed by atoms with E-state index in [0.29, 0.717) is 23.0 Å². The molecule has 1 N–H and O–H groups in total. The Bertz CT molecular complexity index is 1240. The quantitative estimate of drug-likeness (QED) is 0.610. The van der Waals surface area contributed by atoms with E-state index in [4.69, 9.17) is 4.74 Å². The van der Waals surface area contributed by atoms with Gasteiger partial charge in [0.25, 0.3) is 5.91 Å². The minimum Gasteiger partial charge on any atom is -0.497 e. The number of rotatable bonds is 5. The van der Waals surface area contributed by atoms with E-state index in [0.717, 1.165) is 36.9 Å². The highest BCUT2D eigenvalue weighted by Gasteiger charge is 2.32. The number of benzene rings is 1. The average molecular weight is 473 g/mol. The Balaban J connectivity index is 1.46. The molecule has 0 spiro atoms. The Morgan fingerprint density at radius 3 is 2.69 bits per heavy atom. The number of methoxy groups -OCH3 is 1. The van der Waals surface area contributed by atoms with Gasteiger partial charge < -0.3 is 4.74 Å². The summed E-state index contributed by atoms with van der Waals surface area (Å²) in [4.78, 5) is 18.8. The number of nitrogens with zero attached hydrogens (tertiary/aromatic N) is 3. The monoisotopic (exact) mass is 472 g/mol. The molecule has 1 aliphatic heterocycles. The van der Waals surface area contributed by atoms with Crippen molar-refractivity contribution >= 4 is 32.2 Å². The maximum absolute atomic E-state index is 13.0. The van der Waals surface area contributed by atoms with Crippen LogP contribution in [0.25, 0.3) is 11.3 Å². The van der Waals surface area contributed by atoms with E-state index in [1.807, 2.05) is 24.3 Å². The minimum atomic E-state index is -3.10. The zero-order chi connectivity index (χ0) is 22.3. The van der Waals surface area contributed by atoms with Crippen molar-refractivity contribution in [2.24, 2.45) is 0 Å². The molecule has 5 rings (SSSR count). The summed E-state index contributed by atoms with van der Waals surface area (Å²) in [5.41, 5.74) is 2.87. The van der Waals surface area contributed by atoms with Crippen molar-refractivity contribution in [1.29, 1.82) is 0 Å². The van der Waals surface area contributed by atoms with Gasteiger partial charge in [-0.05, 0) is 62.4 Å². The molecule has 1 aliphatic carbocycles. The Labute approximate surface area is 190 Å². The Morgan fingerprint density at radius 1 is 1.22 bits per heavy atom. The number of carbonyl (C=O) groups excluding carboxylic acids is 1. The summed E-state index contributed by atoms with van der Waals surface area (Å²) in [6.07, 6.45) is 4.73. The lowest BCUT2D eigenvalue weighted by molar-refractivity contribution is 0.102. The Hall–Kier alpha value is -2.72. The number of hydrogen-bond donors (Lipinski definition) is 1. The standard InChI is InChI=1S/C22H24N4O4S2/c1-30-16-8-6-14(7-9-16)19-12-18(25-26(19)15-10-11-32(28,29)13-15)21(27)24-22-23-17-4-2-3-5-20(17)31-22/h6-9,12,15H,2-5,10-11,13H2,1H3,(H,23,24,27)/t15-/m0/s1. The minimum absolute atomic E-state index is 0.0259. The molecule has 0 unspecified atom stereocenters. The molecule has 0 saturated carbocycles. The molecule has 1 saturated heterocycles. The van der Waals surface area contributed by atoms with E-state index in [1.165, 1.54) is 16.2 Å². The Kier molecular flexibility index (Phi) is 5.50. The summed E-state index contributed by atoms with van der Waals surface area (Å²) in [5, 5.41) is 8.02. The summed E-state index contributed by atoms with van der Waals surface area (Å²) in [5.74, 6) is 0.531. The van der Waals surface area contributed by atoms with Crippen molar-refractivity contribution in [2.75, 3.05) is 23.9 Å². The maximum Gasteiger partial charge on any atom is 0.277 e. The number of nitrogens with one attached hydrogen (secondary N) is 1. The van der Waals surface area contributed by atoms with Gasteiger partial charge in [0, 0.05) is 10.4 Å². The fraction of sp³-hybridized carbons (Fsp3) is 0.409.